The van der Waals surface area contributed by atoms with E-state index in [9.17, 15) is 4.79 Å². The number of rotatable bonds is 4. The van der Waals surface area contributed by atoms with Crippen molar-refractivity contribution in [3.05, 3.63) is 52.0 Å². The predicted molar refractivity (Wildman–Crippen MR) is 106 cm³/mol. The van der Waals surface area contributed by atoms with Crippen LogP contribution < -0.4 is 14.9 Å². The maximum absolute atomic E-state index is 12.5. The number of ether oxygens (including phenoxy) is 1. The van der Waals surface area contributed by atoms with E-state index in [2.05, 4.69) is 14.9 Å². The highest BCUT2D eigenvalue weighted by Crippen LogP contribution is 2.30. The van der Waals surface area contributed by atoms with Crippen LogP contribution in [0, 0.1) is 0 Å². The molecular formula is C17H17Cl2N3O2S. The number of carbonyl (C=O) groups excluding carboxylic acids is 1. The topological polar surface area (TPSA) is 53.6 Å². The highest BCUT2D eigenvalue weighted by Gasteiger charge is 2.16. The van der Waals surface area contributed by atoms with Crippen molar-refractivity contribution >= 4 is 58.1 Å². The second kappa shape index (κ2) is 8.19. The number of nitrogens with zero attached hydrogens (tertiary/aromatic N) is 1. The smallest absolute Gasteiger partial charge is 0.257 e. The SMILES string of the molecule is CNc1cc(NC(=O)c2ccc(N3CCOCS3)cc2Cl)ccc1Cl. The normalized spacial score (nSPS) is 14.3. The summed E-state index contributed by atoms with van der Waals surface area (Å²) in [4.78, 5) is 12.5. The highest BCUT2D eigenvalue weighted by molar-refractivity contribution is 8.00. The van der Waals surface area contributed by atoms with Gasteiger partial charge in [0, 0.05) is 18.4 Å². The number of benzene rings is 2. The number of nitrogens with one attached hydrogen (secondary N) is 2. The zero-order valence-corrected chi connectivity index (χ0v) is 15.8. The van der Waals surface area contributed by atoms with Crippen molar-refractivity contribution in [1.29, 1.82) is 0 Å². The Bertz CT molecular complexity index is 782. The predicted octanol–water partition coefficient (Wildman–Crippen LogP) is 4.73. The van der Waals surface area contributed by atoms with Gasteiger partial charge in [-0.15, -0.1) is 0 Å². The average Bonchev–Trinajstić information content (AvgIpc) is 2.63. The molecule has 1 aliphatic rings. The first-order chi connectivity index (χ1) is 12.1. The Morgan fingerprint density at radius 2 is 2.04 bits per heavy atom. The first kappa shape index (κ1) is 18.2. The van der Waals surface area contributed by atoms with E-state index in [1.54, 1.807) is 49.3 Å². The van der Waals surface area contributed by atoms with Crippen LogP contribution in [0.4, 0.5) is 17.1 Å². The molecule has 132 valence electrons. The summed E-state index contributed by atoms with van der Waals surface area (Å²) in [5, 5.41) is 6.81. The van der Waals surface area contributed by atoms with E-state index in [0.29, 0.717) is 33.8 Å². The number of amides is 1. The fourth-order valence-corrected chi connectivity index (χ4v) is 3.67. The van der Waals surface area contributed by atoms with Crippen LogP contribution in [0.15, 0.2) is 36.4 Å². The molecule has 0 atom stereocenters. The molecular weight excluding hydrogens is 381 g/mol. The zero-order valence-electron chi connectivity index (χ0n) is 13.5. The van der Waals surface area contributed by atoms with Crippen LogP contribution in [0.25, 0.3) is 0 Å². The second-order valence-corrected chi connectivity index (χ2v) is 7.07. The maximum Gasteiger partial charge on any atom is 0.257 e. The van der Waals surface area contributed by atoms with E-state index in [4.69, 9.17) is 27.9 Å². The summed E-state index contributed by atoms with van der Waals surface area (Å²) in [6, 6.07) is 10.7. The monoisotopic (exact) mass is 397 g/mol. The fourth-order valence-electron chi connectivity index (χ4n) is 2.41. The van der Waals surface area contributed by atoms with Crippen molar-refractivity contribution in [3.63, 3.8) is 0 Å². The van der Waals surface area contributed by atoms with Gasteiger partial charge in [-0.1, -0.05) is 23.2 Å². The average molecular weight is 398 g/mol. The quantitative estimate of drug-likeness (QED) is 0.730. The maximum atomic E-state index is 12.5. The minimum absolute atomic E-state index is 0.268. The van der Waals surface area contributed by atoms with Gasteiger partial charge in [0.15, 0.2) is 0 Å². The Morgan fingerprint density at radius 1 is 1.20 bits per heavy atom. The van der Waals surface area contributed by atoms with Crippen LogP contribution >= 0.6 is 35.1 Å². The van der Waals surface area contributed by atoms with Gasteiger partial charge in [0.25, 0.3) is 5.91 Å². The van der Waals surface area contributed by atoms with Gasteiger partial charge in [-0.25, -0.2) is 0 Å². The van der Waals surface area contributed by atoms with Crippen LogP contribution in [0.1, 0.15) is 10.4 Å². The van der Waals surface area contributed by atoms with E-state index in [1.807, 2.05) is 6.07 Å². The lowest BCUT2D eigenvalue weighted by atomic mass is 10.1. The second-order valence-electron chi connectivity index (χ2n) is 5.32. The number of hydrogen-bond donors (Lipinski definition) is 2. The van der Waals surface area contributed by atoms with Crippen LogP contribution in [0.2, 0.25) is 10.0 Å². The Kier molecular flexibility index (Phi) is 5.96. The third kappa shape index (κ3) is 4.33. The molecule has 8 heteroatoms. The summed E-state index contributed by atoms with van der Waals surface area (Å²) in [7, 11) is 1.77. The minimum Gasteiger partial charge on any atom is -0.387 e. The summed E-state index contributed by atoms with van der Waals surface area (Å²) >= 11 is 14.0. The third-order valence-electron chi connectivity index (χ3n) is 3.71. The third-order valence-corrected chi connectivity index (χ3v) is 5.33. The van der Waals surface area contributed by atoms with Gasteiger partial charge < -0.3 is 19.7 Å². The number of carbonyl (C=O) groups is 1. The lowest BCUT2D eigenvalue weighted by Gasteiger charge is -2.27. The standard InChI is InChI=1S/C17H17Cl2N3O2S/c1-20-16-8-11(2-5-14(16)18)21-17(23)13-4-3-12(9-15(13)19)22-6-7-24-10-25-22/h2-5,8-9,20H,6-7,10H2,1H3,(H,21,23). The molecule has 1 fully saturated rings. The summed E-state index contributed by atoms with van der Waals surface area (Å²) in [6.45, 7) is 1.46. The van der Waals surface area contributed by atoms with Gasteiger partial charge in [-0.2, -0.15) is 0 Å². The van der Waals surface area contributed by atoms with Gasteiger partial charge in [0.05, 0.1) is 34.4 Å². The Balaban J connectivity index is 1.75. The number of anilines is 3. The van der Waals surface area contributed by atoms with Crippen LogP contribution in [0.5, 0.6) is 0 Å². The first-order valence-electron chi connectivity index (χ1n) is 7.65. The van der Waals surface area contributed by atoms with Gasteiger partial charge in [0.2, 0.25) is 0 Å². The van der Waals surface area contributed by atoms with E-state index in [0.717, 1.165) is 17.9 Å². The van der Waals surface area contributed by atoms with E-state index < -0.39 is 0 Å². The summed E-state index contributed by atoms with van der Waals surface area (Å²) in [5.74, 6) is 0.347. The Morgan fingerprint density at radius 3 is 2.72 bits per heavy atom. The van der Waals surface area contributed by atoms with Crippen LogP contribution in [-0.4, -0.2) is 32.0 Å². The molecule has 3 rings (SSSR count). The molecule has 5 nitrogen and oxygen atoms in total. The molecule has 1 amide bonds. The lowest BCUT2D eigenvalue weighted by molar-refractivity contribution is 0.102. The van der Waals surface area contributed by atoms with E-state index in [1.165, 1.54) is 0 Å². The molecule has 0 aliphatic carbocycles. The van der Waals surface area contributed by atoms with Gasteiger partial charge in [0.1, 0.15) is 5.94 Å². The van der Waals surface area contributed by atoms with Crippen molar-refractivity contribution in [3.8, 4) is 0 Å². The van der Waals surface area contributed by atoms with Crippen molar-refractivity contribution in [2.45, 2.75) is 0 Å². The molecule has 0 unspecified atom stereocenters. The molecule has 25 heavy (non-hydrogen) atoms. The van der Waals surface area contributed by atoms with Gasteiger partial charge in [-0.3, -0.25) is 4.79 Å². The molecule has 0 radical (unpaired) electrons. The van der Waals surface area contributed by atoms with Gasteiger partial charge in [-0.05, 0) is 48.3 Å². The van der Waals surface area contributed by atoms with Crippen molar-refractivity contribution < 1.29 is 9.53 Å². The Hall–Kier alpha value is -1.60. The van der Waals surface area contributed by atoms with E-state index >= 15 is 0 Å². The minimum atomic E-state index is -0.268. The molecule has 2 N–H and O–H groups in total. The summed E-state index contributed by atoms with van der Waals surface area (Å²) in [6.07, 6.45) is 0. The molecule has 1 aliphatic heterocycles. The van der Waals surface area contributed by atoms with Crippen molar-refractivity contribution in [2.24, 2.45) is 0 Å². The van der Waals surface area contributed by atoms with Crippen molar-refractivity contribution in [2.75, 3.05) is 41.1 Å². The number of halogens is 2. The molecule has 1 saturated heterocycles. The molecule has 0 aromatic heterocycles. The highest BCUT2D eigenvalue weighted by atomic mass is 35.5. The largest absolute Gasteiger partial charge is 0.387 e. The van der Waals surface area contributed by atoms with Crippen LogP contribution in [-0.2, 0) is 4.74 Å². The van der Waals surface area contributed by atoms with E-state index in [-0.39, 0.29) is 5.91 Å². The Labute approximate surface area is 160 Å². The number of hydrogen-bond acceptors (Lipinski definition) is 5. The fraction of sp³-hybridized carbons (Fsp3) is 0.235. The first-order valence-corrected chi connectivity index (χ1v) is 9.35. The summed E-state index contributed by atoms with van der Waals surface area (Å²) < 4.78 is 7.42. The molecule has 0 spiro atoms. The molecule has 2 aromatic carbocycles. The lowest BCUT2D eigenvalue weighted by Crippen LogP contribution is -2.26. The molecule has 0 saturated carbocycles. The molecule has 0 bridgehead atoms. The molecule has 1 heterocycles. The van der Waals surface area contributed by atoms with Gasteiger partial charge >= 0.3 is 0 Å². The summed E-state index contributed by atoms with van der Waals surface area (Å²) in [5.41, 5.74) is 2.76. The zero-order chi connectivity index (χ0) is 17.8. The molecule has 2 aromatic rings. The van der Waals surface area contributed by atoms with Crippen LogP contribution in [0.3, 0.4) is 0 Å². The van der Waals surface area contributed by atoms with Crippen molar-refractivity contribution in [1.82, 2.24) is 0 Å².